The smallest absolute Gasteiger partial charge is 0.159 e. The number of hydrogen-bond acceptors (Lipinski definition) is 4. The zero-order valence-electron chi connectivity index (χ0n) is 11.9. The molecular weight excluding hydrogens is 300 g/mol. The van der Waals surface area contributed by atoms with E-state index in [0.717, 1.165) is 35.4 Å². The molecule has 0 amide bonds. The van der Waals surface area contributed by atoms with Crippen molar-refractivity contribution in [3.05, 3.63) is 47.7 Å². The molecule has 1 aliphatic rings. The molecule has 0 bridgehead atoms. The molecule has 0 saturated carbocycles. The Bertz CT molecular complexity index is 815. The van der Waals surface area contributed by atoms with Crippen LogP contribution in [0.4, 0.5) is 5.82 Å². The highest BCUT2D eigenvalue weighted by Crippen LogP contribution is 2.30. The van der Waals surface area contributed by atoms with E-state index in [4.69, 9.17) is 16.7 Å². The van der Waals surface area contributed by atoms with Crippen molar-refractivity contribution in [2.45, 2.75) is 12.5 Å². The average Bonchev–Trinajstić information content (AvgIpc) is 3.12. The first-order valence-corrected chi connectivity index (χ1v) is 7.62. The maximum absolute atomic E-state index is 9.78. The van der Waals surface area contributed by atoms with Crippen LogP contribution in [0.3, 0.4) is 0 Å². The van der Waals surface area contributed by atoms with Crippen molar-refractivity contribution >= 4 is 28.3 Å². The maximum Gasteiger partial charge on any atom is 0.159 e. The van der Waals surface area contributed by atoms with Crippen LogP contribution in [0.1, 0.15) is 6.42 Å². The first kappa shape index (κ1) is 13.5. The summed E-state index contributed by atoms with van der Waals surface area (Å²) in [5.74, 6) is 0.893. The summed E-state index contributed by atoms with van der Waals surface area (Å²) in [5.41, 5.74) is 1.88. The highest BCUT2D eigenvalue weighted by molar-refractivity contribution is 6.30. The van der Waals surface area contributed by atoms with Gasteiger partial charge >= 0.3 is 0 Å². The minimum atomic E-state index is -0.280. The third-order valence-electron chi connectivity index (χ3n) is 4.00. The van der Waals surface area contributed by atoms with Crippen LogP contribution in [-0.4, -0.2) is 39.1 Å². The quantitative estimate of drug-likeness (QED) is 0.790. The van der Waals surface area contributed by atoms with Gasteiger partial charge in [-0.15, -0.1) is 5.10 Å². The van der Waals surface area contributed by atoms with Crippen molar-refractivity contribution in [3.63, 3.8) is 0 Å². The lowest BCUT2D eigenvalue weighted by Crippen LogP contribution is -2.21. The minimum Gasteiger partial charge on any atom is -0.391 e. The second kappa shape index (κ2) is 5.26. The van der Waals surface area contributed by atoms with Crippen molar-refractivity contribution in [2.75, 3.05) is 18.0 Å². The van der Waals surface area contributed by atoms with Crippen molar-refractivity contribution in [2.24, 2.45) is 0 Å². The molecule has 0 spiro atoms. The van der Waals surface area contributed by atoms with Gasteiger partial charge in [-0.25, -0.2) is 4.68 Å². The van der Waals surface area contributed by atoms with Crippen molar-refractivity contribution in [1.82, 2.24) is 14.8 Å². The fraction of sp³-hybridized carbons (Fsp3) is 0.250. The molecule has 1 atom stereocenters. The molecule has 2 aromatic heterocycles. The van der Waals surface area contributed by atoms with Gasteiger partial charge in [-0.3, -0.25) is 4.98 Å². The van der Waals surface area contributed by atoms with E-state index in [1.54, 1.807) is 6.20 Å². The van der Waals surface area contributed by atoms with E-state index < -0.39 is 0 Å². The molecule has 1 unspecified atom stereocenters. The molecule has 0 aliphatic carbocycles. The molecule has 5 nitrogen and oxygen atoms in total. The first-order chi connectivity index (χ1) is 10.7. The van der Waals surface area contributed by atoms with E-state index >= 15 is 0 Å². The van der Waals surface area contributed by atoms with Crippen molar-refractivity contribution in [1.29, 1.82) is 0 Å². The van der Waals surface area contributed by atoms with Crippen LogP contribution < -0.4 is 4.90 Å². The Morgan fingerprint density at radius 3 is 2.73 bits per heavy atom. The molecule has 1 N–H and O–H groups in total. The Balaban J connectivity index is 1.87. The van der Waals surface area contributed by atoms with Gasteiger partial charge in [0.05, 0.1) is 23.5 Å². The van der Waals surface area contributed by atoms with Gasteiger partial charge in [-0.2, -0.15) is 0 Å². The number of halogens is 1. The fourth-order valence-electron chi connectivity index (χ4n) is 2.89. The predicted molar refractivity (Wildman–Crippen MR) is 86.7 cm³/mol. The zero-order chi connectivity index (χ0) is 15.1. The summed E-state index contributed by atoms with van der Waals surface area (Å²) in [6.07, 6.45) is 4.08. The molecule has 1 fully saturated rings. The number of hydrogen-bond donors (Lipinski definition) is 1. The number of β-amino-alcohol motifs (C(OH)–C–C–N with tert-alkyl or cyclic N) is 1. The summed E-state index contributed by atoms with van der Waals surface area (Å²) < 4.78 is 1.87. The van der Waals surface area contributed by atoms with Gasteiger partial charge in [0.2, 0.25) is 0 Å². The van der Waals surface area contributed by atoms with E-state index in [1.807, 2.05) is 41.2 Å². The number of rotatable bonds is 2. The molecule has 1 aromatic carbocycles. The van der Waals surface area contributed by atoms with E-state index in [9.17, 15) is 5.11 Å². The van der Waals surface area contributed by atoms with Gasteiger partial charge in [0, 0.05) is 29.7 Å². The molecule has 3 heterocycles. The summed E-state index contributed by atoms with van der Waals surface area (Å²) in [7, 11) is 0. The number of aliphatic hydroxyl groups is 1. The van der Waals surface area contributed by atoms with Crippen molar-refractivity contribution < 1.29 is 5.11 Å². The van der Waals surface area contributed by atoms with Gasteiger partial charge in [0.25, 0.3) is 0 Å². The Morgan fingerprint density at radius 1 is 1.18 bits per heavy atom. The number of benzene rings is 1. The summed E-state index contributed by atoms with van der Waals surface area (Å²) in [6, 6.07) is 9.53. The zero-order valence-corrected chi connectivity index (χ0v) is 12.6. The Labute approximate surface area is 132 Å². The van der Waals surface area contributed by atoms with Crippen LogP contribution >= 0.6 is 11.6 Å². The van der Waals surface area contributed by atoms with E-state index in [-0.39, 0.29) is 6.10 Å². The van der Waals surface area contributed by atoms with Crippen LogP contribution in [0.25, 0.3) is 16.6 Å². The summed E-state index contributed by atoms with van der Waals surface area (Å²) >= 11 is 5.96. The number of aromatic nitrogens is 3. The monoisotopic (exact) mass is 314 g/mol. The number of nitrogens with zero attached hydrogens (tertiary/aromatic N) is 4. The lowest BCUT2D eigenvalue weighted by atomic mass is 10.3. The predicted octanol–water partition coefficient (Wildman–Crippen LogP) is 2.64. The molecule has 22 heavy (non-hydrogen) atoms. The topological polar surface area (TPSA) is 54.2 Å². The second-order valence-electron chi connectivity index (χ2n) is 5.49. The van der Waals surface area contributed by atoms with Gasteiger partial charge < -0.3 is 10.0 Å². The van der Waals surface area contributed by atoms with E-state index in [0.29, 0.717) is 11.6 Å². The van der Waals surface area contributed by atoms with Crippen LogP contribution in [0.15, 0.2) is 42.7 Å². The van der Waals surface area contributed by atoms with Crippen LogP contribution in [-0.2, 0) is 0 Å². The highest BCUT2D eigenvalue weighted by atomic mass is 35.5. The molecule has 4 rings (SSSR count). The fourth-order valence-corrected chi connectivity index (χ4v) is 3.02. The van der Waals surface area contributed by atoms with Crippen molar-refractivity contribution in [3.8, 4) is 5.69 Å². The van der Waals surface area contributed by atoms with Gasteiger partial charge in [-0.1, -0.05) is 11.6 Å². The number of aliphatic hydroxyl groups excluding tert-OH is 1. The lowest BCUT2D eigenvalue weighted by Gasteiger charge is -2.14. The molecular formula is C16H15ClN4O. The molecule has 112 valence electrons. The third kappa shape index (κ3) is 2.23. The SMILES string of the molecule is OC1CCN(c2nn(-c3ccc(Cl)cc3)c3cnccc23)C1. The molecule has 1 aliphatic heterocycles. The normalized spacial score (nSPS) is 18.3. The molecule has 6 heteroatoms. The lowest BCUT2D eigenvalue weighted by molar-refractivity contribution is 0.198. The van der Waals surface area contributed by atoms with Crippen LogP contribution in [0.5, 0.6) is 0 Å². The van der Waals surface area contributed by atoms with Gasteiger partial charge in [0.1, 0.15) is 0 Å². The highest BCUT2D eigenvalue weighted by Gasteiger charge is 2.25. The number of anilines is 1. The summed E-state index contributed by atoms with van der Waals surface area (Å²) in [6.45, 7) is 1.44. The number of pyridine rings is 1. The first-order valence-electron chi connectivity index (χ1n) is 7.24. The van der Waals surface area contributed by atoms with E-state index in [2.05, 4.69) is 9.88 Å². The Hall–Kier alpha value is -2.11. The maximum atomic E-state index is 9.78. The Morgan fingerprint density at radius 2 is 2.00 bits per heavy atom. The van der Waals surface area contributed by atoms with Gasteiger partial charge in [0.15, 0.2) is 5.82 Å². The van der Waals surface area contributed by atoms with Gasteiger partial charge in [-0.05, 0) is 36.8 Å². The molecule has 1 saturated heterocycles. The standard InChI is InChI=1S/C16H15ClN4O/c17-11-1-3-12(4-2-11)21-15-9-18-7-5-14(15)16(19-21)20-8-6-13(22)10-20/h1-5,7,9,13,22H,6,8,10H2. The summed E-state index contributed by atoms with van der Waals surface area (Å²) in [5, 5.41) is 16.3. The van der Waals surface area contributed by atoms with E-state index in [1.165, 1.54) is 0 Å². The molecule has 3 aromatic rings. The summed E-state index contributed by atoms with van der Waals surface area (Å²) in [4.78, 5) is 6.34. The van der Waals surface area contributed by atoms with Crippen LogP contribution in [0.2, 0.25) is 5.02 Å². The Kier molecular flexibility index (Phi) is 3.24. The average molecular weight is 315 g/mol. The van der Waals surface area contributed by atoms with Crippen LogP contribution in [0, 0.1) is 0 Å². The minimum absolute atomic E-state index is 0.280. The third-order valence-corrected chi connectivity index (χ3v) is 4.25. The largest absolute Gasteiger partial charge is 0.391 e. The number of fused-ring (bicyclic) bond motifs is 1. The second-order valence-corrected chi connectivity index (χ2v) is 5.93. The molecule has 0 radical (unpaired) electrons.